The highest BCUT2D eigenvalue weighted by molar-refractivity contribution is 5.64. The Balaban J connectivity index is 1.36. The van der Waals surface area contributed by atoms with Crippen molar-refractivity contribution < 1.29 is 4.39 Å². The maximum absolute atomic E-state index is 13.0. The fourth-order valence-electron chi connectivity index (χ4n) is 3.89. The third-order valence-electron chi connectivity index (χ3n) is 5.77. The van der Waals surface area contributed by atoms with E-state index in [0.717, 1.165) is 19.3 Å². The Morgan fingerprint density at radius 1 is 0.567 bits per heavy atom. The van der Waals surface area contributed by atoms with Crippen LogP contribution in [-0.2, 0) is 19.3 Å². The minimum atomic E-state index is -0.177. The van der Waals surface area contributed by atoms with Crippen LogP contribution >= 0.6 is 0 Å². The van der Waals surface area contributed by atoms with E-state index < -0.39 is 0 Å². The lowest BCUT2D eigenvalue weighted by molar-refractivity contribution is 0.627. The van der Waals surface area contributed by atoms with Crippen LogP contribution in [0, 0.1) is 5.82 Å². The number of hydrogen-bond acceptors (Lipinski definition) is 0. The molecular weight excluding hydrogens is 367 g/mol. The predicted octanol–water partition coefficient (Wildman–Crippen LogP) is 7.62. The van der Waals surface area contributed by atoms with Gasteiger partial charge in [-0.15, -0.1) is 0 Å². The molecule has 0 spiro atoms. The molecule has 0 saturated heterocycles. The molecule has 30 heavy (non-hydrogen) atoms. The summed E-state index contributed by atoms with van der Waals surface area (Å²) in [6, 6.07) is 35.2. The smallest absolute Gasteiger partial charge is 0.123 e. The lowest BCUT2D eigenvalue weighted by Crippen LogP contribution is -1.98. The first-order valence-corrected chi connectivity index (χ1v) is 10.6. The topological polar surface area (TPSA) is 0 Å². The number of benzene rings is 4. The van der Waals surface area contributed by atoms with Crippen LogP contribution in [0.25, 0.3) is 11.1 Å². The molecule has 0 aromatic heterocycles. The summed E-state index contributed by atoms with van der Waals surface area (Å²) in [5, 5.41) is 0. The first-order valence-electron chi connectivity index (χ1n) is 10.6. The maximum atomic E-state index is 13.0. The van der Waals surface area contributed by atoms with E-state index in [0.29, 0.717) is 5.92 Å². The highest BCUT2D eigenvalue weighted by Gasteiger charge is 2.07. The number of halogens is 1. The zero-order valence-corrected chi connectivity index (χ0v) is 17.4. The van der Waals surface area contributed by atoms with Gasteiger partial charge in [-0.1, -0.05) is 97.9 Å². The van der Waals surface area contributed by atoms with Gasteiger partial charge in [0.2, 0.25) is 0 Å². The van der Waals surface area contributed by atoms with Crippen LogP contribution in [0.15, 0.2) is 103 Å². The molecule has 0 aliphatic heterocycles. The van der Waals surface area contributed by atoms with Gasteiger partial charge < -0.3 is 0 Å². The minimum absolute atomic E-state index is 0.177. The fourth-order valence-corrected chi connectivity index (χ4v) is 3.89. The third-order valence-corrected chi connectivity index (χ3v) is 5.77. The van der Waals surface area contributed by atoms with Crippen LogP contribution in [0.1, 0.15) is 35.1 Å². The van der Waals surface area contributed by atoms with Crippen molar-refractivity contribution in [1.29, 1.82) is 0 Å². The molecule has 0 N–H and O–H groups in total. The first-order chi connectivity index (χ1) is 14.7. The Morgan fingerprint density at radius 2 is 1.03 bits per heavy atom. The average molecular weight is 395 g/mol. The molecule has 0 amide bonds. The Bertz CT molecular complexity index is 1050. The van der Waals surface area contributed by atoms with Gasteiger partial charge in [-0.05, 0) is 70.7 Å². The van der Waals surface area contributed by atoms with Crippen molar-refractivity contribution in [2.45, 2.75) is 32.1 Å². The van der Waals surface area contributed by atoms with Gasteiger partial charge in [-0.3, -0.25) is 0 Å². The van der Waals surface area contributed by atoms with E-state index in [-0.39, 0.29) is 5.82 Å². The quantitative estimate of drug-likeness (QED) is 0.302. The van der Waals surface area contributed by atoms with E-state index in [1.54, 1.807) is 0 Å². The molecular formula is C29H27F. The molecule has 1 atom stereocenters. The van der Waals surface area contributed by atoms with Crippen LogP contribution in [-0.4, -0.2) is 0 Å². The number of rotatable bonds is 7. The molecule has 4 rings (SSSR count). The Morgan fingerprint density at radius 3 is 1.57 bits per heavy atom. The van der Waals surface area contributed by atoms with Crippen LogP contribution in [0.4, 0.5) is 4.39 Å². The van der Waals surface area contributed by atoms with Gasteiger partial charge in [0.1, 0.15) is 5.82 Å². The summed E-state index contributed by atoms with van der Waals surface area (Å²) in [5.41, 5.74) is 7.71. The van der Waals surface area contributed by atoms with E-state index in [9.17, 15) is 4.39 Å². The highest BCUT2D eigenvalue weighted by atomic mass is 19.1. The van der Waals surface area contributed by atoms with Gasteiger partial charge in [0, 0.05) is 0 Å². The van der Waals surface area contributed by atoms with Crippen LogP contribution in [0.3, 0.4) is 0 Å². The molecule has 0 aliphatic rings. The predicted molar refractivity (Wildman–Crippen MR) is 124 cm³/mol. The zero-order valence-electron chi connectivity index (χ0n) is 17.4. The van der Waals surface area contributed by atoms with Crippen LogP contribution < -0.4 is 0 Å². The van der Waals surface area contributed by atoms with Gasteiger partial charge in [0.05, 0.1) is 0 Å². The standard InChI is InChI=1S/C29H27F/c1-22(26-5-3-2-4-6-26)21-25-11-17-28(18-12-25)27-15-9-23(10-16-27)7-8-24-13-19-29(30)20-14-24/h2-6,9-20,22H,7-8,21H2,1H3. The van der Waals surface area contributed by atoms with E-state index in [4.69, 9.17) is 0 Å². The van der Waals surface area contributed by atoms with Crippen LogP contribution in [0.5, 0.6) is 0 Å². The molecule has 1 heteroatoms. The lowest BCUT2D eigenvalue weighted by Gasteiger charge is -2.12. The lowest BCUT2D eigenvalue weighted by atomic mass is 9.93. The zero-order chi connectivity index (χ0) is 20.8. The first kappa shape index (κ1) is 20.1. The summed E-state index contributed by atoms with van der Waals surface area (Å²) in [6.07, 6.45) is 2.93. The SMILES string of the molecule is CC(Cc1ccc(-c2ccc(CCc3ccc(F)cc3)cc2)cc1)c1ccccc1. The monoisotopic (exact) mass is 394 g/mol. The van der Waals surface area contributed by atoms with Gasteiger partial charge >= 0.3 is 0 Å². The second-order valence-electron chi connectivity index (χ2n) is 8.04. The van der Waals surface area contributed by atoms with E-state index in [1.807, 2.05) is 12.1 Å². The van der Waals surface area contributed by atoms with Gasteiger partial charge in [-0.2, -0.15) is 0 Å². The minimum Gasteiger partial charge on any atom is -0.207 e. The fraction of sp³-hybridized carbons (Fsp3) is 0.172. The van der Waals surface area contributed by atoms with Crippen molar-refractivity contribution in [2.75, 3.05) is 0 Å². The molecule has 1 unspecified atom stereocenters. The summed E-state index contributed by atoms with van der Waals surface area (Å²) in [5.74, 6) is 0.334. The maximum Gasteiger partial charge on any atom is 0.123 e. The van der Waals surface area contributed by atoms with Crippen LogP contribution in [0.2, 0.25) is 0 Å². The summed E-state index contributed by atoms with van der Waals surface area (Å²) < 4.78 is 13.0. The molecule has 0 heterocycles. The highest BCUT2D eigenvalue weighted by Crippen LogP contribution is 2.24. The summed E-state index contributed by atoms with van der Waals surface area (Å²) in [4.78, 5) is 0. The molecule has 0 saturated carbocycles. The largest absolute Gasteiger partial charge is 0.207 e. The molecule has 0 fully saturated rings. The summed E-state index contributed by atoms with van der Waals surface area (Å²) >= 11 is 0. The normalized spacial score (nSPS) is 11.9. The second-order valence-corrected chi connectivity index (χ2v) is 8.04. The summed E-state index contributed by atoms with van der Waals surface area (Å²) in [7, 11) is 0. The molecule has 4 aromatic carbocycles. The van der Waals surface area contributed by atoms with Gasteiger partial charge in [0.25, 0.3) is 0 Å². The van der Waals surface area contributed by atoms with Crippen molar-refractivity contribution in [1.82, 2.24) is 0 Å². The van der Waals surface area contributed by atoms with Crippen molar-refractivity contribution >= 4 is 0 Å². The van der Waals surface area contributed by atoms with Crippen molar-refractivity contribution in [2.24, 2.45) is 0 Å². The Labute approximate surface area is 179 Å². The molecule has 0 aliphatic carbocycles. The van der Waals surface area contributed by atoms with Crippen molar-refractivity contribution in [3.05, 3.63) is 131 Å². The van der Waals surface area contributed by atoms with E-state index in [1.165, 1.54) is 45.5 Å². The molecule has 0 radical (unpaired) electrons. The molecule has 0 nitrogen and oxygen atoms in total. The molecule has 4 aromatic rings. The number of hydrogen-bond donors (Lipinski definition) is 0. The third kappa shape index (κ3) is 5.24. The van der Waals surface area contributed by atoms with Gasteiger partial charge in [-0.25, -0.2) is 4.39 Å². The van der Waals surface area contributed by atoms with Gasteiger partial charge in [0.15, 0.2) is 0 Å². The number of aryl methyl sites for hydroxylation is 2. The van der Waals surface area contributed by atoms with E-state index >= 15 is 0 Å². The van der Waals surface area contributed by atoms with Crippen molar-refractivity contribution in [3.63, 3.8) is 0 Å². The Kier molecular flexibility index (Phi) is 6.39. The molecule has 150 valence electrons. The Hall–Kier alpha value is -3.19. The van der Waals surface area contributed by atoms with Crippen molar-refractivity contribution in [3.8, 4) is 11.1 Å². The van der Waals surface area contributed by atoms with E-state index in [2.05, 4.69) is 85.8 Å². The second kappa shape index (κ2) is 9.54. The summed E-state index contributed by atoms with van der Waals surface area (Å²) in [6.45, 7) is 2.29. The average Bonchev–Trinajstić information content (AvgIpc) is 2.80. The molecule has 0 bridgehead atoms.